The van der Waals surface area contributed by atoms with E-state index in [4.69, 9.17) is 9.84 Å². The molecule has 0 bridgehead atoms. The molecule has 4 rings (SSSR count). The summed E-state index contributed by atoms with van der Waals surface area (Å²) in [4.78, 5) is 38.4. The predicted octanol–water partition coefficient (Wildman–Crippen LogP) is 6.77. The molecule has 8 nitrogen and oxygen atoms in total. The number of ether oxygens (including phenoxy) is 1. The molecule has 2 aromatic heterocycles. The summed E-state index contributed by atoms with van der Waals surface area (Å²) in [5.74, 6) is -2.44. The van der Waals surface area contributed by atoms with Crippen molar-refractivity contribution in [2.45, 2.75) is 38.1 Å². The van der Waals surface area contributed by atoms with E-state index < -0.39 is 18.5 Å². The zero-order valence-corrected chi connectivity index (χ0v) is 21.7. The highest BCUT2D eigenvalue weighted by Gasteiger charge is 2.29. The van der Waals surface area contributed by atoms with E-state index in [9.17, 15) is 19.5 Å². The van der Waals surface area contributed by atoms with Crippen molar-refractivity contribution in [3.8, 4) is 16.2 Å². The average molecular weight is 579 g/mol. The van der Waals surface area contributed by atoms with E-state index in [0.717, 1.165) is 49.1 Å². The number of hydrogen-bond acceptors (Lipinski definition) is 6. The molecule has 1 aromatic carbocycles. The molecule has 11 heteroatoms. The molecule has 0 aliphatic heterocycles. The Morgan fingerprint density at radius 1 is 1.14 bits per heavy atom. The monoisotopic (exact) mass is 578 g/mol. The molecule has 1 saturated carbocycles. The lowest BCUT2D eigenvalue weighted by molar-refractivity contribution is -0.139. The van der Waals surface area contributed by atoms with Crippen LogP contribution >= 0.6 is 38.6 Å². The van der Waals surface area contributed by atoms with Gasteiger partial charge in [-0.1, -0.05) is 31.4 Å². The van der Waals surface area contributed by atoms with Crippen molar-refractivity contribution in [2.24, 2.45) is 0 Å². The van der Waals surface area contributed by atoms with E-state index in [0.29, 0.717) is 20.6 Å². The average Bonchev–Trinajstić information content (AvgIpc) is 3.46. The number of rotatable bonds is 8. The second-order valence-corrected chi connectivity index (χ2v) is 10.6. The third kappa shape index (κ3) is 5.85. The Bertz CT molecular complexity index is 1220. The molecule has 3 N–H and O–H groups in total. The second kappa shape index (κ2) is 11.2. The fourth-order valence-corrected chi connectivity index (χ4v) is 6.61. The molecule has 2 heterocycles. The van der Waals surface area contributed by atoms with E-state index in [2.05, 4.69) is 21.2 Å². The highest BCUT2D eigenvalue weighted by Crippen LogP contribution is 2.46. The second-order valence-electron chi connectivity index (χ2n) is 8.05. The first-order chi connectivity index (χ1) is 16.8. The smallest absolute Gasteiger partial charge is 0.349 e. The highest BCUT2D eigenvalue weighted by molar-refractivity contribution is 9.10. The minimum atomic E-state index is -1.21. The normalized spacial score (nSPS) is 13.9. The van der Waals surface area contributed by atoms with Gasteiger partial charge in [0.25, 0.3) is 0 Å². The number of benzene rings is 1. The molecule has 0 atom stereocenters. The Morgan fingerprint density at radius 2 is 1.91 bits per heavy atom. The van der Waals surface area contributed by atoms with Gasteiger partial charge in [-0.25, -0.2) is 14.4 Å². The fraction of sp³-hybridized carbons (Fsp3) is 0.292. The van der Waals surface area contributed by atoms with Gasteiger partial charge in [0.05, 0.1) is 15.0 Å². The van der Waals surface area contributed by atoms with E-state index in [1.54, 1.807) is 4.90 Å². The van der Waals surface area contributed by atoms with Gasteiger partial charge in [0.2, 0.25) is 0 Å². The zero-order valence-electron chi connectivity index (χ0n) is 18.5. The van der Waals surface area contributed by atoms with Gasteiger partial charge in [0, 0.05) is 17.1 Å². The number of hydrogen-bond donors (Lipinski definition) is 3. The number of thiophene rings is 2. The number of carbonyl (C=O) groups is 3. The van der Waals surface area contributed by atoms with Gasteiger partial charge < -0.3 is 20.3 Å². The van der Waals surface area contributed by atoms with Gasteiger partial charge in [-0.3, -0.25) is 4.90 Å². The van der Waals surface area contributed by atoms with Gasteiger partial charge in [-0.2, -0.15) is 11.3 Å². The van der Waals surface area contributed by atoms with Crippen molar-refractivity contribution in [3.63, 3.8) is 0 Å². The minimum Gasteiger partial charge on any atom is -0.479 e. The summed E-state index contributed by atoms with van der Waals surface area (Å²) in [5.41, 5.74) is 2.13. The summed E-state index contributed by atoms with van der Waals surface area (Å²) in [7, 11) is 0. The molecule has 0 unspecified atom stereocenters. The van der Waals surface area contributed by atoms with Crippen LogP contribution in [0.25, 0.3) is 10.4 Å². The Kier molecular flexibility index (Phi) is 8.09. The van der Waals surface area contributed by atoms with Crippen LogP contribution in [0.5, 0.6) is 5.75 Å². The van der Waals surface area contributed by atoms with Crippen LogP contribution in [0.15, 0.2) is 45.6 Å². The van der Waals surface area contributed by atoms with Crippen LogP contribution in [-0.4, -0.2) is 40.8 Å². The maximum atomic E-state index is 13.4. The van der Waals surface area contributed by atoms with Crippen molar-refractivity contribution in [1.29, 1.82) is 0 Å². The molecule has 0 spiro atoms. The number of aromatic carboxylic acids is 1. The first-order valence-electron chi connectivity index (χ1n) is 11.0. The number of carbonyl (C=O) groups excluding carboxylic acids is 1. The SMILES string of the molecule is O=C(O)COc1c(C(=O)O)sc(-c2cccc(N(C(=O)Nc3ccsc3)C3CCCCC3)c2)c1Br. The molecule has 1 fully saturated rings. The minimum absolute atomic E-state index is 0.0235. The summed E-state index contributed by atoms with van der Waals surface area (Å²) in [5, 5.41) is 25.3. The Hall–Kier alpha value is -2.89. The molecule has 1 aliphatic carbocycles. The number of urea groups is 1. The highest BCUT2D eigenvalue weighted by atomic mass is 79.9. The Morgan fingerprint density at radius 3 is 2.57 bits per heavy atom. The summed E-state index contributed by atoms with van der Waals surface area (Å²) < 4.78 is 5.64. The van der Waals surface area contributed by atoms with Crippen molar-refractivity contribution in [1.82, 2.24) is 0 Å². The van der Waals surface area contributed by atoms with Crippen LogP contribution in [0, 0.1) is 0 Å². The van der Waals surface area contributed by atoms with Gasteiger partial charge in [-0.05, 0) is 57.9 Å². The number of nitrogens with zero attached hydrogens (tertiary/aromatic N) is 1. The quantitative estimate of drug-likeness (QED) is 0.271. The third-order valence-electron chi connectivity index (χ3n) is 5.66. The van der Waals surface area contributed by atoms with Crippen molar-refractivity contribution >= 4 is 67.9 Å². The standard InChI is InChI=1S/C24H23BrN2O6S2/c25-19-20(33-12-18(28)29)22(23(30)31)35-21(19)14-5-4-8-17(11-14)27(16-6-2-1-3-7-16)24(32)26-15-9-10-34-13-15/h4-5,8-11,13,16H,1-3,6-7,12H2,(H,26,32)(H,28,29)(H,30,31). The Balaban J connectivity index is 1.71. The van der Waals surface area contributed by atoms with Gasteiger partial charge >= 0.3 is 18.0 Å². The maximum Gasteiger partial charge on any atom is 0.349 e. The predicted molar refractivity (Wildman–Crippen MR) is 140 cm³/mol. The lowest BCUT2D eigenvalue weighted by Gasteiger charge is -2.34. The topological polar surface area (TPSA) is 116 Å². The number of anilines is 2. The van der Waals surface area contributed by atoms with Crippen LogP contribution in [0.4, 0.5) is 16.2 Å². The first-order valence-corrected chi connectivity index (χ1v) is 13.5. The lowest BCUT2D eigenvalue weighted by Crippen LogP contribution is -2.44. The van der Waals surface area contributed by atoms with Gasteiger partial charge in [0.1, 0.15) is 0 Å². The van der Waals surface area contributed by atoms with Crippen molar-refractivity contribution in [3.05, 3.63) is 50.4 Å². The van der Waals surface area contributed by atoms with E-state index in [1.807, 2.05) is 41.1 Å². The zero-order chi connectivity index (χ0) is 24.9. The van der Waals surface area contributed by atoms with E-state index in [-0.39, 0.29) is 22.7 Å². The number of nitrogens with one attached hydrogen (secondary N) is 1. The van der Waals surface area contributed by atoms with Gasteiger partial charge in [0.15, 0.2) is 17.2 Å². The third-order valence-corrected chi connectivity index (χ3v) is 8.57. The summed E-state index contributed by atoms with van der Waals surface area (Å²) in [6.07, 6.45) is 5.06. The summed E-state index contributed by atoms with van der Waals surface area (Å²) in [6, 6.07) is 9.05. The molecular weight excluding hydrogens is 556 g/mol. The van der Waals surface area contributed by atoms with Crippen LogP contribution < -0.4 is 15.0 Å². The van der Waals surface area contributed by atoms with Crippen LogP contribution in [0.2, 0.25) is 0 Å². The molecule has 184 valence electrons. The van der Waals surface area contributed by atoms with Crippen molar-refractivity contribution in [2.75, 3.05) is 16.8 Å². The number of amides is 2. The van der Waals surface area contributed by atoms with Crippen LogP contribution in [-0.2, 0) is 4.79 Å². The Labute approximate surface area is 218 Å². The van der Waals surface area contributed by atoms with Gasteiger partial charge in [-0.15, -0.1) is 11.3 Å². The van der Waals surface area contributed by atoms with Crippen molar-refractivity contribution < 1.29 is 29.3 Å². The number of halogens is 1. The van der Waals surface area contributed by atoms with Crippen LogP contribution in [0.1, 0.15) is 41.8 Å². The molecular formula is C24H23BrN2O6S2. The molecule has 0 radical (unpaired) electrons. The van der Waals surface area contributed by atoms with Crippen LogP contribution in [0.3, 0.4) is 0 Å². The molecule has 1 aliphatic rings. The first kappa shape index (κ1) is 25.2. The van der Waals surface area contributed by atoms with E-state index >= 15 is 0 Å². The fourth-order valence-electron chi connectivity index (χ4n) is 4.13. The molecule has 2 amide bonds. The maximum absolute atomic E-state index is 13.4. The molecule has 35 heavy (non-hydrogen) atoms. The number of carboxylic acids is 2. The number of carboxylic acid groups (broad SMARTS) is 2. The van der Waals surface area contributed by atoms with E-state index in [1.165, 1.54) is 11.3 Å². The molecule has 3 aromatic rings. The summed E-state index contributed by atoms with van der Waals surface area (Å²) in [6.45, 7) is -0.659. The number of aliphatic carboxylic acids is 1. The lowest BCUT2D eigenvalue weighted by atomic mass is 9.94. The molecule has 0 saturated heterocycles. The largest absolute Gasteiger partial charge is 0.479 e. The summed E-state index contributed by atoms with van der Waals surface area (Å²) >= 11 is 5.89.